The third-order valence-corrected chi connectivity index (χ3v) is 5.61. The molecule has 2 aliphatic rings. The minimum absolute atomic E-state index is 0.0640. The Bertz CT molecular complexity index is 883. The van der Waals surface area contributed by atoms with Gasteiger partial charge in [0.1, 0.15) is 5.82 Å². The molecule has 0 fully saturated rings. The van der Waals surface area contributed by atoms with Gasteiger partial charge in [0.2, 0.25) is 0 Å². The summed E-state index contributed by atoms with van der Waals surface area (Å²) in [7, 11) is 1.73. The molecule has 0 spiro atoms. The average molecular weight is 377 g/mol. The van der Waals surface area contributed by atoms with Crippen LogP contribution in [0.4, 0.5) is 0 Å². The van der Waals surface area contributed by atoms with Crippen LogP contribution in [-0.4, -0.2) is 46.2 Å². The van der Waals surface area contributed by atoms with Gasteiger partial charge in [-0.3, -0.25) is 9.88 Å². The van der Waals surface area contributed by atoms with Gasteiger partial charge in [-0.1, -0.05) is 17.5 Å². The van der Waals surface area contributed by atoms with E-state index in [1.807, 2.05) is 24.4 Å². The highest BCUT2D eigenvalue weighted by atomic mass is 16.5. The van der Waals surface area contributed by atoms with Gasteiger partial charge in [-0.2, -0.15) is 0 Å². The van der Waals surface area contributed by atoms with Crippen molar-refractivity contribution in [3.63, 3.8) is 0 Å². The SMILES string of the molecule is COC(CN)CCN(Cc1nc2c([nH]1)C=C=C=C2)C1CCCc2cccnc21. The van der Waals surface area contributed by atoms with Crippen LogP contribution < -0.4 is 5.73 Å². The number of nitrogens with two attached hydrogens (primary N) is 1. The van der Waals surface area contributed by atoms with Crippen molar-refractivity contribution < 1.29 is 4.74 Å². The largest absolute Gasteiger partial charge is 0.380 e. The lowest BCUT2D eigenvalue weighted by Crippen LogP contribution is -2.35. The molecule has 2 unspecified atom stereocenters. The first-order valence-electron chi connectivity index (χ1n) is 9.95. The molecule has 0 bridgehead atoms. The van der Waals surface area contributed by atoms with Gasteiger partial charge in [0.05, 0.1) is 35.8 Å². The monoisotopic (exact) mass is 377 g/mol. The summed E-state index contributed by atoms with van der Waals surface area (Å²) in [5.74, 6) is 0.952. The highest BCUT2D eigenvalue weighted by Crippen LogP contribution is 2.34. The third-order valence-electron chi connectivity index (χ3n) is 5.61. The molecule has 146 valence electrons. The molecule has 28 heavy (non-hydrogen) atoms. The smallest absolute Gasteiger partial charge is 0.121 e. The molecule has 6 nitrogen and oxygen atoms in total. The van der Waals surface area contributed by atoms with Crippen molar-refractivity contribution in [2.45, 2.75) is 44.4 Å². The zero-order valence-corrected chi connectivity index (χ0v) is 16.3. The van der Waals surface area contributed by atoms with Crippen LogP contribution in [0.3, 0.4) is 0 Å². The molecule has 0 saturated heterocycles. The Hall–Kier alpha value is -2.46. The standard InChI is InChI=1S/C22H27N5O/c1-28-17(14-23)11-13-27(15-21-25-18-8-2-3-9-19(18)26-21)20-10-4-6-16-7-5-12-24-22(16)20/h5,7-9,12,17,20H,4,6,10-11,13-15,23H2,1H3,(H,25,26). The van der Waals surface area contributed by atoms with Crippen LogP contribution in [0.15, 0.2) is 29.8 Å². The predicted octanol–water partition coefficient (Wildman–Crippen LogP) is 2.84. The van der Waals surface area contributed by atoms with Gasteiger partial charge in [0, 0.05) is 38.5 Å². The number of fused-ring (bicyclic) bond motifs is 2. The Kier molecular flexibility index (Phi) is 5.87. The lowest BCUT2D eigenvalue weighted by Gasteiger charge is -2.35. The van der Waals surface area contributed by atoms with Gasteiger partial charge >= 0.3 is 0 Å². The minimum atomic E-state index is 0.0640. The number of nitrogens with one attached hydrogen (secondary N) is 1. The van der Waals surface area contributed by atoms with Crippen molar-refractivity contribution in [3.8, 4) is 0 Å². The molecule has 0 amide bonds. The Labute approximate surface area is 165 Å². The van der Waals surface area contributed by atoms with E-state index in [0.717, 1.165) is 49.6 Å². The maximum atomic E-state index is 5.85. The summed E-state index contributed by atoms with van der Waals surface area (Å²) in [5, 5.41) is 0. The fourth-order valence-corrected chi connectivity index (χ4v) is 4.09. The zero-order valence-electron chi connectivity index (χ0n) is 16.3. The molecule has 0 aromatic carbocycles. The summed E-state index contributed by atoms with van der Waals surface area (Å²) < 4.78 is 5.51. The van der Waals surface area contributed by atoms with E-state index in [-0.39, 0.29) is 12.1 Å². The molecule has 0 radical (unpaired) electrons. The van der Waals surface area contributed by atoms with Gasteiger partial charge in [-0.15, -0.1) is 0 Å². The second kappa shape index (κ2) is 8.70. The molecular weight excluding hydrogens is 350 g/mol. The van der Waals surface area contributed by atoms with Crippen LogP contribution in [-0.2, 0) is 17.7 Å². The molecule has 2 aliphatic carbocycles. The van der Waals surface area contributed by atoms with E-state index < -0.39 is 0 Å². The van der Waals surface area contributed by atoms with E-state index in [4.69, 9.17) is 20.4 Å². The molecule has 6 heteroatoms. The van der Waals surface area contributed by atoms with Crippen molar-refractivity contribution in [1.82, 2.24) is 19.9 Å². The quantitative estimate of drug-likeness (QED) is 0.590. The first-order valence-corrected chi connectivity index (χ1v) is 9.95. The van der Waals surface area contributed by atoms with E-state index in [1.54, 1.807) is 7.11 Å². The van der Waals surface area contributed by atoms with E-state index >= 15 is 0 Å². The van der Waals surface area contributed by atoms with Gasteiger partial charge in [-0.05, 0) is 37.3 Å². The zero-order chi connectivity index (χ0) is 19.3. The van der Waals surface area contributed by atoms with Crippen LogP contribution in [0.2, 0.25) is 0 Å². The Morgan fingerprint density at radius 1 is 1.39 bits per heavy atom. The minimum Gasteiger partial charge on any atom is -0.380 e. The van der Waals surface area contributed by atoms with Gasteiger partial charge in [0.25, 0.3) is 0 Å². The Balaban J connectivity index is 1.58. The Morgan fingerprint density at radius 3 is 3.11 bits per heavy atom. The van der Waals surface area contributed by atoms with Gasteiger partial charge in [0.15, 0.2) is 0 Å². The summed E-state index contributed by atoms with van der Waals surface area (Å²) in [6, 6.07) is 4.52. The van der Waals surface area contributed by atoms with E-state index in [0.29, 0.717) is 6.54 Å². The van der Waals surface area contributed by atoms with Crippen LogP contribution in [0.5, 0.6) is 0 Å². The fourth-order valence-electron chi connectivity index (χ4n) is 4.09. The van der Waals surface area contributed by atoms with Crippen LogP contribution in [0.1, 0.15) is 53.8 Å². The van der Waals surface area contributed by atoms with E-state index in [9.17, 15) is 0 Å². The Morgan fingerprint density at radius 2 is 2.29 bits per heavy atom. The van der Waals surface area contributed by atoms with Crippen LogP contribution >= 0.6 is 0 Å². The number of aryl methyl sites for hydroxylation is 1. The van der Waals surface area contributed by atoms with Gasteiger partial charge < -0.3 is 15.5 Å². The molecule has 0 aliphatic heterocycles. The number of rotatable bonds is 8. The van der Waals surface area contributed by atoms with Crippen molar-refractivity contribution in [3.05, 3.63) is 58.3 Å². The van der Waals surface area contributed by atoms with Gasteiger partial charge in [-0.25, -0.2) is 4.98 Å². The maximum Gasteiger partial charge on any atom is 0.121 e. The van der Waals surface area contributed by atoms with Crippen LogP contribution in [0.25, 0.3) is 12.2 Å². The third kappa shape index (κ3) is 4.02. The number of hydrogen-bond acceptors (Lipinski definition) is 5. The highest BCUT2D eigenvalue weighted by Gasteiger charge is 2.28. The molecule has 2 atom stereocenters. The molecule has 0 saturated carbocycles. The number of aromatic nitrogens is 3. The van der Waals surface area contributed by atoms with Crippen molar-refractivity contribution in [2.24, 2.45) is 5.73 Å². The molecule has 2 aromatic heterocycles. The first-order chi connectivity index (χ1) is 13.8. The summed E-state index contributed by atoms with van der Waals surface area (Å²) in [5.41, 5.74) is 16.3. The topological polar surface area (TPSA) is 80.1 Å². The van der Waals surface area contributed by atoms with E-state index in [2.05, 4.69) is 27.4 Å². The number of ether oxygens (including phenoxy) is 1. The molecule has 2 heterocycles. The average Bonchev–Trinajstić information content (AvgIpc) is 3.15. The normalized spacial score (nSPS) is 18.3. The molecule has 2 aromatic rings. The second-order valence-electron chi connectivity index (χ2n) is 7.37. The van der Waals surface area contributed by atoms with E-state index in [1.165, 1.54) is 17.7 Å². The number of aromatic amines is 1. The second-order valence-corrected chi connectivity index (χ2v) is 7.37. The number of pyridine rings is 1. The highest BCUT2D eigenvalue weighted by molar-refractivity contribution is 5.63. The number of hydrogen-bond donors (Lipinski definition) is 2. The number of nitrogens with zero attached hydrogens (tertiary/aromatic N) is 3. The number of H-pyrrole nitrogens is 1. The molecule has 3 N–H and O–H groups in total. The molecular formula is C22H27N5O. The molecule has 4 rings (SSSR count). The lowest BCUT2D eigenvalue weighted by molar-refractivity contribution is 0.0748. The van der Waals surface area contributed by atoms with Crippen molar-refractivity contribution in [1.29, 1.82) is 0 Å². The van der Waals surface area contributed by atoms with Crippen molar-refractivity contribution >= 4 is 12.2 Å². The first kappa shape index (κ1) is 18.9. The maximum absolute atomic E-state index is 5.85. The lowest BCUT2D eigenvalue weighted by atomic mass is 9.90. The summed E-state index contributed by atoms with van der Waals surface area (Å²) in [6.07, 6.45) is 9.99. The van der Waals surface area contributed by atoms with Crippen LogP contribution in [0, 0.1) is 0 Å². The summed E-state index contributed by atoms with van der Waals surface area (Å²) in [6.45, 7) is 2.14. The number of methoxy groups -OCH3 is 1. The van der Waals surface area contributed by atoms with Crippen molar-refractivity contribution in [2.75, 3.05) is 20.2 Å². The summed E-state index contributed by atoms with van der Waals surface area (Å²) in [4.78, 5) is 15.4. The fraction of sp³-hybridized carbons (Fsp3) is 0.455. The number of imidazole rings is 1. The predicted molar refractivity (Wildman–Crippen MR) is 109 cm³/mol. The summed E-state index contributed by atoms with van der Waals surface area (Å²) >= 11 is 0.